The molecule has 0 bridgehead atoms. The molecular formula is C22H33N3O7S. The van der Waals surface area contributed by atoms with E-state index in [0.29, 0.717) is 12.0 Å². The highest BCUT2D eigenvalue weighted by Crippen LogP contribution is 2.26. The molecule has 0 spiro atoms. The SMILES string of the molecule is CCCN(C(=O)C(CS)NC(=O)OC(C)(C)C)C(C(=O)NCC(=O)OC)c1cccc(O)c1. The smallest absolute Gasteiger partial charge is 0.408 e. The number of hydrogen-bond donors (Lipinski definition) is 4. The number of phenols is 1. The summed E-state index contributed by atoms with van der Waals surface area (Å²) in [5.41, 5.74) is -0.440. The fraction of sp³-hybridized carbons (Fsp3) is 0.545. The van der Waals surface area contributed by atoms with Gasteiger partial charge in [0, 0.05) is 12.3 Å². The van der Waals surface area contributed by atoms with Crippen LogP contribution in [0.4, 0.5) is 4.79 Å². The van der Waals surface area contributed by atoms with Crippen LogP contribution in [0.15, 0.2) is 24.3 Å². The van der Waals surface area contributed by atoms with Gasteiger partial charge in [0.05, 0.1) is 7.11 Å². The van der Waals surface area contributed by atoms with Gasteiger partial charge in [0.2, 0.25) is 11.8 Å². The maximum atomic E-state index is 13.4. The number of esters is 1. The van der Waals surface area contributed by atoms with E-state index in [1.165, 1.54) is 30.2 Å². The minimum absolute atomic E-state index is 0.0468. The molecule has 0 aromatic heterocycles. The number of nitrogens with zero attached hydrogens (tertiary/aromatic N) is 1. The number of rotatable bonds is 10. The van der Waals surface area contributed by atoms with Gasteiger partial charge in [-0.1, -0.05) is 19.1 Å². The van der Waals surface area contributed by atoms with E-state index in [2.05, 4.69) is 28.0 Å². The fourth-order valence-corrected chi connectivity index (χ4v) is 3.19. The lowest BCUT2D eigenvalue weighted by Gasteiger charge is -2.34. The van der Waals surface area contributed by atoms with Crippen molar-refractivity contribution in [2.24, 2.45) is 0 Å². The Morgan fingerprint density at radius 3 is 2.39 bits per heavy atom. The fourth-order valence-electron chi connectivity index (χ4n) is 2.94. The molecule has 1 rings (SSSR count). The Hall–Kier alpha value is -2.95. The average Bonchev–Trinajstić information content (AvgIpc) is 2.73. The number of carbonyl (C=O) groups is 4. The molecule has 1 aromatic rings. The minimum Gasteiger partial charge on any atom is -0.508 e. The van der Waals surface area contributed by atoms with Crippen molar-refractivity contribution in [2.45, 2.75) is 51.8 Å². The molecule has 0 aliphatic carbocycles. The molecular weight excluding hydrogens is 450 g/mol. The van der Waals surface area contributed by atoms with Crippen molar-refractivity contribution in [3.8, 4) is 5.75 Å². The van der Waals surface area contributed by atoms with E-state index in [0.717, 1.165) is 0 Å². The van der Waals surface area contributed by atoms with Crippen LogP contribution in [0.25, 0.3) is 0 Å². The molecule has 2 atom stereocenters. The quantitative estimate of drug-likeness (QED) is 0.294. The van der Waals surface area contributed by atoms with E-state index < -0.39 is 48.1 Å². The Bertz CT molecular complexity index is 842. The van der Waals surface area contributed by atoms with E-state index >= 15 is 0 Å². The van der Waals surface area contributed by atoms with Crippen molar-refractivity contribution in [3.05, 3.63) is 29.8 Å². The average molecular weight is 484 g/mol. The zero-order valence-electron chi connectivity index (χ0n) is 19.6. The van der Waals surface area contributed by atoms with Gasteiger partial charge in [-0.05, 0) is 44.9 Å². The van der Waals surface area contributed by atoms with Gasteiger partial charge in [-0.15, -0.1) is 0 Å². The molecule has 0 heterocycles. The summed E-state index contributed by atoms with van der Waals surface area (Å²) in [5, 5.41) is 14.9. The summed E-state index contributed by atoms with van der Waals surface area (Å²) in [6, 6.07) is 3.64. The standard InChI is InChI=1S/C22H33N3O7S/c1-6-10-25(20(29)16(13-33)24-21(30)32-22(2,3)4)18(14-8-7-9-15(26)11-14)19(28)23-12-17(27)31-5/h7-9,11,16,18,26,33H,6,10,12-13H2,1-5H3,(H,23,28)(H,24,30). The van der Waals surface area contributed by atoms with Crippen molar-refractivity contribution in [3.63, 3.8) is 0 Å². The maximum Gasteiger partial charge on any atom is 0.408 e. The number of amides is 3. The second-order valence-corrected chi connectivity index (χ2v) is 8.57. The number of thiol groups is 1. The van der Waals surface area contributed by atoms with Crippen LogP contribution in [0, 0.1) is 0 Å². The normalized spacial score (nSPS) is 12.8. The third-order valence-corrected chi connectivity index (χ3v) is 4.66. The van der Waals surface area contributed by atoms with Gasteiger partial charge >= 0.3 is 12.1 Å². The summed E-state index contributed by atoms with van der Waals surface area (Å²) in [6.07, 6.45) is -0.299. The summed E-state index contributed by atoms with van der Waals surface area (Å²) in [7, 11) is 1.19. The highest BCUT2D eigenvalue weighted by atomic mass is 32.1. The van der Waals surface area contributed by atoms with Crippen LogP contribution in [-0.4, -0.2) is 71.5 Å². The molecule has 1 aromatic carbocycles. The van der Waals surface area contributed by atoms with Gasteiger partial charge in [-0.3, -0.25) is 14.4 Å². The minimum atomic E-state index is -1.18. The van der Waals surface area contributed by atoms with Crippen LogP contribution in [0.5, 0.6) is 5.75 Å². The van der Waals surface area contributed by atoms with Crippen molar-refractivity contribution < 1.29 is 33.8 Å². The van der Waals surface area contributed by atoms with Crippen LogP contribution < -0.4 is 10.6 Å². The van der Waals surface area contributed by atoms with Crippen LogP contribution in [0.1, 0.15) is 45.7 Å². The van der Waals surface area contributed by atoms with Crippen molar-refractivity contribution in [1.29, 1.82) is 0 Å². The second kappa shape index (κ2) is 12.9. The monoisotopic (exact) mass is 483 g/mol. The van der Waals surface area contributed by atoms with E-state index in [9.17, 15) is 24.3 Å². The highest BCUT2D eigenvalue weighted by molar-refractivity contribution is 7.80. The first kappa shape index (κ1) is 28.1. The van der Waals surface area contributed by atoms with Crippen LogP contribution in [-0.2, 0) is 23.9 Å². The first-order chi connectivity index (χ1) is 15.4. The number of benzene rings is 1. The molecule has 0 radical (unpaired) electrons. The number of hydrogen-bond acceptors (Lipinski definition) is 8. The maximum absolute atomic E-state index is 13.4. The van der Waals surface area contributed by atoms with Crippen molar-refractivity contribution in [2.75, 3.05) is 26.0 Å². The molecule has 0 saturated heterocycles. The summed E-state index contributed by atoms with van der Waals surface area (Å²) >= 11 is 4.19. The molecule has 0 aliphatic heterocycles. The van der Waals surface area contributed by atoms with Crippen LogP contribution in [0.3, 0.4) is 0 Å². The number of alkyl carbamates (subject to hydrolysis) is 1. The lowest BCUT2D eigenvalue weighted by Crippen LogP contribution is -2.54. The number of phenolic OH excluding ortho intramolecular Hbond substituents is 1. The first-order valence-corrected chi connectivity index (χ1v) is 11.1. The number of nitrogens with one attached hydrogen (secondary N) is 2. The van der Waals surface area contributed by atoms with Gasteiger partial charge < -0.3 is 30.1 Å². The molecule has 11 heteroatoms. The molecule has 33 heavy (non-hydrogen) atoms. The van der Waals surface area contributed by atoms with Gasteiger partial charge in [0.25, 0.3) is 0 Å². The first-order valence-electron chi connectivity index (χ1n) is 10.5. The summed E-state index contributed by atoms with van der Waals surface area (Å²) < 4.78 is 9.78. The van der Waals surface area contributed by atoms with Crippen molar-refractivity contribution in [1.82, 2.24) is 15.5 Å². The van der Waals surface area contributed by atoms with E-state index in [-0.39, 0.29) is 18.0 Å². The Balaban J connectivity index is 3.29. The summed E-state index contributed by atoms with van der Waals surface area (Å²) in [4.78, 5) is 51.6. The molecule has 0 fully saturated rings. The predicted molar refractivity (Wildman–Crippen MR) is 125 cm³/mol. The topological polar surface area (TPSA) is 134 Å². The van der Waals surface area contributed by atoms with E-state index in [4.69, 9.17) is 4.74 Å². The molecule has 0 aliphatic rings. The number of aromatic hydroxyl groups is 1. The van der Waals surface area contributed by atoms with Gasteiger partial charge in [0.15, 0.2) is 0 Å². The summed E-state index contributed by atoms with van der Waals surface area (Å²) in [5.74, 6) is -2.03. The van der Waals surface area contributed by atoms with Crippen LogP contribution in [0.2, 0.25) is 0 Å². The van der Waals surface area contributed by atoms with E-state index in [1.807, 2.05) is 6.92 Å². The second-order valence-electron chi connectivity index (χ2n) is 8.20. The molecule has 10 nitrogen and oxygen atoms in total. The van der Waals surface area contributed by atoms with Gasteiger partial charge in [-0.2, -0.15) is 12.6 Å². The zero-order valence-corrected chi connectivity index (χ0v) is 20.5. The lowest BCUT2D eigenvalue weighted by atomic mass is 10.0. The molecule has 2 unspecified atom stereocenters. The van der Waals surface area contributed by atoms with Gasteiger partial charge in [-0.25, -0.2) is 4.79 Å². The molecule has 3 amide bonds. The van der Waals surface area contributed by atoms with Gasteiger partial charge in [0.1, 0.15) is 30.0 Å². The Kier molecular flexibility index (Phi) is 11.0. The zero-order chi connectivity index (χ0) is 25.2. The Labute approximate surface area is 199 Å². The number of ether oxygens (including phenoxy) is 2. The third-order valence-electron chi connectivity index (χ3n) is 4.30. The Morgan fingerprint density at radius 2 is 1.88 bits per heavy atom. The summed E-state index contributed by atoms with van der Waals surface area (Å²) in [6.45, 7) is 6.66. The Morgan fingerprint density at radius 1 is 1.21 bits per heavy atom. The van der Waals surface area contributed by atoms with Crippen molar-refractivity contribution >= 4 is 36.5 Å². The largest absolute Gasteiger partial charge is 0.508 e. The third kappa shape index (κ3) is 9.21. The molecule has 3 N–H and O–H groups in total. The number of carbonyl (C=O) groups excluding carboxylic acids is 4. The predicted octanol–water partition coefficient (Wildman–Crippen LogP) is 1.78. The van der Waals surface area contributed by atoms with E-state index in [1.54, 1.807) is 26.8 Å². The van der Waals surface area contributed by atoms with Crippen LogP contribution >= 0.6 is 12.6 Å². The lowest BCUT2D eigenvalue weighted by molar-refractivity contribution is -0.144. The molecule has 184 valence electrons. The molecule has 0 saturated carbocycles. The highest BCUT2D eigenvalue weighted by Gasteiger charge is 2.35. The number of methoxy groups -OCH3 is 1.